The zero-order valence-electron chi connectivity index (χ0n) is 11.8. The number of carbonyl (C=O) groups is 1. The van der Waals surface area contributed by atoms with Crippen LogP contribution in [0.3, 0.4) is 0 Å². The summed E-state index contributed by atoms with van der Waals surface area (Å²) in [7, 11) is 3.08. The van der Waals surface area contributed by atoms with Gasteiger partial charge in [0.05, 0.1) is 14.2 Å². The summed E-state index contributed by atoms with van der Waals surface area (Å²) in [6.45, 7) is 0. The lowest BCUT2D eigenvalue weighted by atomic mass is 10.1. The van der Waals surface area contributed by atoms with Crippen LogP contribution in [0.15, 0.2) is 53.4 Å². The SMILES string of the molecule is COc1cc(OC)cc(C(Sc2ccccc2)C(=O)O)c1. The van der Waals surface area contributed by atoms with E-state index in [0.29, 0.717) is 17.1 Å². The van der Waals surface area contributed by atoms with Crippen molar-refractivity contribution >= 4 is 17.7 Å². The highest BCUT2D eigenvalue weighted by Crippen LogP contribution is 2.38. The van der Waals surface area contributed by atoms with Crippen molar-refractivity contribution in [3.8, 4) is 11.5 Å². The molecule has 0 amide bonds. The minimum absolute atomic E-state index is 0.573. The number of hydrogen-bond acceptors (Lipinski definition) is 4. The van der Waals surface area contributed by atoms with Gasteiger partial charge in [0.25, 0.3) is 0 Å². The zero-order chi connectivity index (χ0) is 15.2. The van der Waals surface area contributed by atoms with Crippen molar-refractivity contribution in [2.45, 2.75) is 10.1 Å². The van der Waals surface area contributed by atoms with Gasteiger partial charge < -0.3 is 14.6 Å². The van der Waals surface area contributed by atoms with E-state index < -0.39 is 11.2 Å². The molecule has 0 bridgehead atoms. The molecule has 110 valence electrons. The van der Waals surface area contributed by atoms with Crippen LogP contribution in [0.25, 0.3) is 0 Å². The first-order chi connectivity index (χ1) is 10.1. The summed E-state index contributed by atoms with van der Waals surface area (Å²) in [6, 6.07) is 14.6. The second kappa shape index (κ2) is 7.04. The molecule has 0 radical (unpaired) electrons. The highest BCUT2D eigenvalue weighted by Gasteiger charge is 2.22. The van der Waals surface area contributed by atoms with Gasteiger partial charge in [-0.3, -0.25) is 4.79 Å². The third kappa shape index (κ3) is 3.92. The number of rotatable bonds is 6. The molecule has 2 rings (SSSR count). The minimum Gasteiger partial charge on any atom is -0.497 e. The molecule has 0 aliphatic carbocycles. The summed E-state index contributed by atoms with van der Waals surface area (Å²) in [4.78, 5) is 12.5. The van der Waals surface area contributed by atoms with E-state index in [1.807, 2.05) is 30.3 Å². The Labute approximate surface area is 127 Å². The highest BCUT2D eigenvalue weighted by molar-refractivity contribution is 8.00. The third-order valence-corrected chi connectivity index (χ3v) is 4.15. The Morgan fingerprint density at radius 1 is 1.05 bits per heavy atom. The third-order valence-electron chi connectivity index (χ3n) is 2.90. The van der Waals surface area contributed by atoms with Crippen LogP contribution < -0.4 is 9.47 Å². The smallest absolute Gasteiger partial charge is 0.321 e. The number of carboxylic acid groups (broad SMARTS) is 1. The molecule has 21 heavy (non-hydrogen) atoms. The van der Waals surface area contributed by atoms with Crippen molar-refractivity contribution in [3.05, 3.63) is 54.1 Å². The van der Waals surface area contributed by atoms with Gasteiger partial charge in [-0.2, -0.15) is 0 Å². The maximum Gasteiger partial charge on any atom is 0.321 e. The summed E-state index contributed by atoms with van der Waals surface area (Å²) in [5.74, 6) is 0.243. The molecule has 0 aliphatic heterocycles. The van der Waals surface area contributed by atoms with Gasteiger partial charge in [-0.05, 0) is 29.8 Å². The van der Waals surface area contributed by atoms with Gasteiger partial charge >= 0.3 is 5.97 Å². The van der Waals surface area contributed by atoms with E-state index in [4.69, 9.17) is 9.47 Å². The van der Waals surface area contributed by atoms with Gasteiger partial charge in [0.15, 0.2) is 0 Å². The molecule has 1 N–H and O–H groups in total. The van der Waals surface area contributed by atoms with Gasteiger partial charge in [0.1, 0.15) is 16.7 Å². The average Bonchev–Trinajstić information content (AvgIpc) is 2.52. The second-order valence-corrected chi connectivity index (χ2v) is 5.47. The number of hydrogen-bond donors (Lipinski definition) is 1. The minimum atomic E-state index is -0.904. The Kier molecular flexibility index (Phi) is 5.11. The van der Waals surface area contributed by atoms with Crippen molar-refractivity contribution in [1.82, 2.24) is 0 Å². The van der Waals surface area contributed by atoms with Gasteiger partial charge in [-0.15, -0.1) is 11.8 Å². The monoisotopic (exact) mass is 304 g/mol. The molecule has 0 fully saturated rings. The Bertz CT molecular complexity index is 591. The maximum atomic E-state index is 11.6. The van der Waals surface area contributed by atoms with Crippen LogP contribution >= 0.6 is 11.8 Å². The van der Waals surface area contributed by atoms with Crippen LogP contribution in [0, 0.1) is 0 Å². The van der Waals surface area contributed by atoms with Crippen LogP contribution in [0.2, 0.25) is 0 Å². The lowest BCUT2D eigenvalue weighted by molar-refractivity contribution is -0.136. The van der Waals surface area contributed by atoms with E-state index in [9.17, 15) is 9.90 Å². The van der Waals surface area contributed by atoms with Crippen molar-refractivity contribution in [2.75, 3.05) is 14.2 Å². The van der Waals surface area contributed by atoms with E-state index in [2.05, 4.69) is 0 Å². The molecule has 4 nitrogen and oxygen atoms in total. The fourth-order valence-electron chi connectivity index (χ4n) is 1.88. The van der Waals surface area contributed by atoms with Crippen molar-refractivity contribution in [1.29, 1.82) is 0 Å². The number of ether oxygens (including phenoxy) is 2. The van der Waals surface area contributed by atoms with Crippen LogP contribution in [-0.2, 0) is 4.79 Å². The average molecular weight is 304 g/mol. The number of methoxy groups -OCH3 is 2. The van der Waals surface area contributed by atoms with E-state index in [1.54, 1.807) is 32.4 Å². The van der Waals surface area contributed by atoms with Crippen LogP contribution in [0.5, 0.6) is 11.5 Å². The second-order valence-electron chi connectivity index (χ2n) is 4.30. The van der Waals surface area contributed by atoms with Gasteiger partial charge in [0.2, 0.25) is 0 Å². The maximum absolute atomic E-state index is 11.6. The molecule has 0 aromatic heterocycles. The predicted octanol–water partition coefficient (Wildman–Crippen LogP) is 3.62. The van der Waals surface area contributed by atoms with Crippen LogP contribution in [-0.4, -0.2) is 25.3 Å². The number of thioether (sulfide) groups is 1. The number of benzene rings is 2. The summed E-state index contributed by atoms with van der Waals surface area (Å²) >= 11 is 1.28. The van der Waals surface area contributed by atoms with E-state index in [1.165, 1.54) is 11.8 Å². The van der Waals surface area contributed by atoms with Crippen molar-refractivity contribution in [3.63, 3.8) is 0 Å². The fraction of sp³-hybridized carbons (Fsp3) is 0.188. The predicted molar refractivity (Wildman–Crippen MR) is 82.2 cm³/mol. The van der Waals surface area contributed by atoms with Crippen molar-refractivity contribution < 1.29 is 19.4 Å². The number of carboxylic acids is 1. The van der Waals surface area contributed by atoms with E-state index in [0.717, 1.165) is 4.90 Å². The molecule has 5 heteroatoms. The lowest BCUT2D eigenvalue weighted by Crippen LogP contribution is -2.08. The first kappa shape index (κ1) is 15.3. The summed E-state index contributed by atoms with van der Waals surface area (Å²) in [5, 5.41) is 8.79. The first-order valence-electron chi connectivity index (χ1n) is 6.31. The molecule has 0 aliphatic rings. The molecule has 1 unspecified atom stereocenters. The fourth-order valence-corrected chi connectivity index (χ4v) is 2.84. The Hall–Kier alpha value is -2.14. The summed E-state index contributed by atoms with van der Waals surface area (Å²) in [5.41, 5.74) is 0.632. The highest BCUT2D eigenvalue weighted by atomic mass is 32.2. The van der Waals surface area contributed by atoms with Gasteiger partial charge in [-0.25, -0.2) is 0 Å². The normalized spacial score (nSPS) is 11.7. The van der Waals surface area contributed by atoms with E-state index in [-0.39, 0.29) is 0 Å². The molecule has 0 heterocycles. The molecule has 2 aromatic rings. The molecule has 0 saturated carbocycles. The molecular weight excluding hydrogens is 288 g/mol. The molecule has 2 aromatic carbocycles. The molecular formula is C16H16O4S. The van der Waals surface area contributed by atoms with Gasteiger partial charge in [-0.1, -0.05) is 18.2 Å². The van der Waals surface area contributed by atoms with Crippen molar-refractivity contribution in [2.24, 2.45) is 0 Å². The number of aliphatic carboxylic acids is 1. The summed E-state index contributed by atoms with van der Waals surface area (Å²) in [6.07, 6.45) is 0. The standard InChI is InChI=1S/C16H16O4S/c1-19-12-8-11(9-13(10-12)20-2)15(16(17)18)21-14-6-4-3-5-7-14/h3-10,15H,1-2H3,(H,17,18). The van der Waals surface area contributed by atoms with Crippen LogP contribution in [0.4, 0.5) is 0 Å². The largest absolute Gasteiger partial charge is 0.497 e. The Balaban J connectivity index is 2.36. The quantitative estimate of drug-likeness (QED) is 0.826. The van der Waals surface area contributed by atoms with Crippen LogP contribution in [0.1, 0.15) is 10.8 Å². The lowest BCUT2D eigenvalue weighted by Gasteiger charge is -2.15. The Morgan fingerprint density at radius 2 is 1.62 bits per heavy atom. The molecule has 0 saturated heterocycles. The zero-order valence-corrected chi connectivity index (χ0v) is 12.6. The first-order valence-corrected chi connectivity index (χ1v) is 7.19. The molecule has 1 atom stereocenters. The topological polar surface area (TPSA) is 55.8 Å². The molecule has 0 spiro atoms. The van der Waals surface area contributed by atoms with E-state index >= 15 is 0 Å². The Morgan fingerprint density at radius 3 is 2.10 bits per heavy atom. The van der Waals surface area contributed by atoms with Gasteiger partial charge in [0, 0.05) is 11.0 Å². The summed E-state index contributed by atoms with van der Waals surface area (Å²) < 4.78 is 10.4.